The fourth-order valence-electron chi connectivity index (χ4n) is 3.06. The number of likely N-dealkylation sites (tertiary alicyclic amines) is 1. The lowest BCUT2D eigenvalue weighted by Gasteiger charge is -2.24. The molecule has 5 heteroatoms. The molecule has 0 saturated carbocycles. The smallest absolute Gasteiger partial charge is 0.318 e. The Hall–Kier alpha value is -2.82. The molecule has 1 heterocycles. The maximum atomic E-state index is 12.5. The highest BCUT2D eigenvalue weighted by molar-refractivity contribution is 5.87. The maximum Gasteiger partial charge on any atom is 0.318 e. The SMILES string of the molecule is O=C(NCc1ccccc1)[C@H]1CCCN1C(=O)NCc1ccccc1. The minimum absolute atomic E-state index is 0.0868. The molecule has 25 heavy (non-hydrogen) atoms. The fraction of sp³-hybridized carbons (Fsp3) is 0.300. The van der Waals surface area contributed by atoms with Crippen LogP contribution in [0.3, 0.4) is 0 Å². The standard InChI is InChI=1S/C20H23N3O2/c24-19(21-14-16-8-3-1-4-9-16)18-12-7-13-23(18)20(25)22-15-17-10-5-2-6-11-17/h1-6,8-11,18H,7,12-15H2,(H,21,24)(H,22,25)/t18-/m1/s1. The van der Waals surface area contributed by atoms with Crippen molar-refractivity contribution in [3.63, 3.8) is 0 Å². The van der Waals surface area contributed by atoms with Gasteiger partial charge in [-0.3, -0.25) is 4.79 Å². The lowest BCUT2D eigenvalue weighted by Crippen LogP contribution is -2.49. The Morgan fingerprint density at radius 3 is 2.04 bits per heavy atom. The van der Waals surface area contributed by atoms with Crippen molar-refractivity contribution in [1.29, 1.82) is 0 Å². The Morgan fingerprint density at radius 1 is 0.880 bits per heavy atom. The molecule has 5 nitrogen and oxygen atoms in total. The van der Waals surface area contributed by atoms with Crippen LogP contribution in [0.5, 0.6) is 0 Å². The summed E-state index contributed by atoms with van der Waals surface area (Å²) in [7, 11) is 0. The Balaban J connectivity index is 1.52. The van der Waals surface area contributed by atoms with Gasteiger partial charge in [0, 0.05) is 19.6 Å². The van der Waals surface area contributed by atoms with E-state index in [0.29, 0.717) is 26.1 Å². The number of hydrogen-bond acceptors (Lipinski definition) is 2. The molecular formula is C20H23N3O2. The number of nitrogens with zero attached hydrogens (tertiary/aromatic N) is 1. The largest absolute Gasteiger partial charge is 0.350 e. The van der Waals surface area contributed by atoms with Gasteiger partial charge in [0.25, 0.3) is 0 Å². The van der Waals surface area contributed by atoms with E-state index in [1.807, 2.05) is 60.7 Å². The molecule has 3 amide bonds. The summed E-state index contributed by atoms with van der Waals surface area (Å²) in [6.07, 6.45) is 1.56. The van der Waals surface area contributed by atoms with Gasteiger partial charge in [0.1, 0.15) is 6.04 Å². The molecule has 2 N–H and O–H groups in total. The van der Waals surface area contributed by atoms with E-state index in [1.54, 1.807) is 4.90 Å². The van der Waals surface area contributed by atoms with E-state index >= 15 is 0 Å². The Morgan fingerprint density at radius 2 is 1.44 bits per heavy atom. The number of rotatable bonds is 5. The minimum Gasteiger partial charge on any atom is -0.350 e. The zero-order valence-corrected chi connectivity index (χ0v) is 14.2. The summed E-state index contributed by atoms with van der Waals surface area (Å²) in [5, 5.41) is 5.85. The molecule has 3 rings (SSSR count). The van der Waals surface area contributed by atoms with Crippen molar-refractivity contribution < 1.29 is 9.59 Å². The molecule has 0 aliphatic carbocycles. The molecule has 0 unspecified atom stereocenters. The Labute approximate surface area is 148 Å². The van der Waals surface area contributed by atoms with Gasteiger partial charge < -0.3 is 15.5 Å². The van der Waals surface area contributed by atoms with Crippen LogP contribution in [0.2, 0.25) is 0 Å². The number of nitrogens with one attached hydrogen (secondary N) is 2. The molecule has 1 atom stereocenters. The lowest BCUT2D eigenvalue weighted by atomic mass is 10.2. The summed E-state index contributed by atoms with van der Waals surface area (Å²) in [4.78, 5) is 26.6. The summed E-state index contributed by atoms with van der Waals surface area (Å²) in [5.74, 6) is -0.0868. The third-order valence-corrected chi connectivity index (χ3v) is 4.41. The van der Waals surface area contributed by atoms with Gasteiger partial charge in [-0.2, -0.15) is 0 Å². The van der Waals surface area contributed by atoms with E-state index < -0.39 is 0 Å². The highest BCUT2D eigenvalue weighted by Gasteiger charge is 2.33. The summed E-state index contributed by atoms with van der Waals surface area (Å²) in [6.45, 7) is 1.56. The monoisotopic (exact) mass is 337 g/mol. The van der Waals surface area contributed by atoms with Gasteiger partial charge >= 0.3 is 6.03 Å². The normalized spacial score (nSPS) is 16.5. The quantitative estimate of drug-likeness (QED) is 0.881. The van der Waals surface area contributed by atoms with E-state index in [-0.39, 0.29) is 18.0 Å². The second kappa shape index (κ2) is 8.33. The van der Waals surface area contributed by atoms with Crippen molar-refractivity contribution in [2.24, 2.45) is 0 Å². The first-order valence-electron chi connectivity index (χ1n) is 8.64. The summed E-state index contributed by atoms with van der Waals surface area (Å²) >= 11 is 0. The van der Waals surface area contributed by atoms with Crippen LogP contribution in [0.4, 0.5) is 4.79 Å². The highest BCUT2D eigenvalue weighted by Crippen LogP contribution is 2.17. The van der Waals surface area contributed by atoms with Crippen LogP contribution in [0.25, 0.3) is 0 Å². The number of urea groups is 1. The third kappa shape index (κ3) is 4.59. The van der Waals surface area contributed by atoms with Crippen molar-refractivity contribution in [3.8, 4) is 0 Å². The van der Waals surface area contributed by atoms with Gasteiger partial charge in [-0.1, -0.05) is 60.7 Å². The molecule has 2 aromatic rings. The highest BCUT2D eigenvalue weighted by atomic mass is 16.2. The molecule has 0 spiro atoms. The topological polar surface area (TPSA) is 61.4 Å². The first-order valence-corrected chi connectivity index (χ1v) is 8.64. The van der Waals surface area contributed by atoms with Crippen LogP contribution in [-0.2, 0) is 17.9 Å². The van der Waals surface area contributed by atoms with Gasteiger partial charge in [0.15, 0.2) is 0 Å². The second-order valence-electron chi connectivity index (χ2n) is 6.20. The molecule has 1 aliphatic heterocycles. The van der Waals surface area contributed by atoms with Gasteiger partial charge in [-0.25, -0.2) is 4.79 Å². The van der Waals surface area contributed by atoms with E-state index in [0.717, 1.165) is 17.5 Å². The summed E-state index contributed by atoms with van der Waals surface area (Å²) in [5.41, 5.74) is 2.09. The zero-order chi connectivity index (χ0) is 17.5. The first-order chi connectivity index (χ1) is 12.2. The predicted molar refractivity (Wildman–Crippen MR) is 96.7 cm³/mol. The van der Waals surface area contributed by atoms with Crippen LogP contribution in [0, 0.1) is 0 Å². The minimum atomic E-state index is -0.389. The zero-order valence-electron chi connectivity index (χ0n) is 14.2. The van der Waals surface area contributed by atoms with Crippen LogP contribution in [0.1, 0.15) is 24.0 Å². The van der Waals surface area contributed by atoms with E-state index in [1.165, 1.54) is 0 Å². The second-order valence-corrected chi connectivity index (χ2v) is 6.20. The molecule has 1 aliphatic rings. The Bertz CT molecular complexity index is 642. The number of amides is 3. The van der Waals surface area contributed by atoms with Gasteiger partial charge in [0.2, 0.25) is 5.91 Å². The molecule has 130 valence electrons. The van der Waals surface area contributed by atoms with Crippen LogP contribution >= 0.6 is 0 Å². The average Bonchev–Trinajstić information content (AvgIpc) is 3.16. The number of benzene rings is 2. The van der Waals surface area contributed by atoms with Crippen LogP contribution in [0.15, 0.2) is 60.7 Å². The first kappa shape index (κ1) is 17.0. The van der Waals surface area contributed by atoms with Gasteiger partial charge in [0.05, 0.1) is 0 Å². The number of carbonyl (C=O) groups excluding carboxylic acids is 2. The van der Waals surface area contributed by atoms with Crippen LogP contribution < -0.4 is 10.6 Å². The molecule has 0 radical (unpaired) electrons. The summed E-state index contributed by atoms with van der Waals surface area (Å²) < 4.78 is 0. The molecule has 2 aromatic carbocycles. The van der Waals surface area contributed by atoms with Crippen molar-refractivity contribution >= 4 is 11.9 Å². The molecule has 1 fully saturated rings. The number of carbonyl (C=O) groups is 2. The van der Waals surface area contributed by atoms with Crippen molar-refractivity contribution in [1.82, 2.24) is 15.5 Å². The van der Waals surface area contributed by atoms with Gasteiger partial charge in [-0.05, 0) is 24.0 Å². The Kier molecular flexibility index (Phi) is 5.67. The average molecular weight is 337 g/mol. The van der Waals surface area contributed by atoms with Crippen molar-refractivity contribution in [2.45, 2.75) is 32.0 Å². The van der Waals surface area contributed by atoms with E-state index in [4.69, 9.17) is 0 Å². The van der Waals surface area contributed by atoms with Gasteiger partial charge in [-0.15, -0.1) is 0 Å². The lowest BCUT2D eigenvalue weighted by molar-refractivity contribution is -0.124. The van der Waals surface area contributed by atoms with Crippen molar-refractivity contribution in [3.05, 3.63) is 71.8 Å². The number of hydrogen-bond donors (Lipinski definition) is 2. The molecule has 1 saturated heterocycles. The maximum absolute atomic E-state index is 12.5. The molecule has 0 bridgehead atoms. The molecule has 0 aromatic heterocycles. The summed E-state index contributed by atoms with van der Waals surface area (Å²) in [6, 6.07) is 19.0. The molecular weight excluding hydrogens is 314 g/mol. The van der Waals surface area contributed by atoms with Crippen LogP contribution in [-0.4, -0.2) is 29.4 Å². The van der Waals surface area contributed by atoms with Crippen molar-refractivity contribution in [2.75, 3.05) is 6.54 Å². The third-order valence-electron chi connectivity index (χ3n) is 4.41. The predicted octanol–water partition coefficient (Wildman–Crippen LogP) is 2.68. The van der Waals surface area contributed by atoms with E-state index in [2.05, 4.69) is 10.6 Å². The van der Waals surface area contributed by atoms with E-state index in [9.17, 15) is 9.59 Å². The fourth-order valence-corrected chi connectivity index (χ4v) is 3.06.